The lowest BCUT2D eigenvalue weighted by atomic mass is 10.1. The first kappa shape index (κ1) is 14.6. The molecule has 0 fully saturated rings. The topological polar surface area (TPSA) is 55.6 Å². The second-order valence-corrected chi connectivity index (χ2v) is 5.16. The maximum absolute atomic E-state index is 12.3. The molecule has 2 unspecified atom stereocenters. The number of carbonyl (C=O) groups excluding carboxylic acids is 1. The Morgan fingerprint density at radius 2 is 2.05 bits per heavy atom. The van der Waals surface area contributed by atoms with Crippen molar-refractivity contribution >= 4 is 5.91 Å². The predicted molar refractivity (Wildman–Crippen MR) is 79.3 cm³/mol. The van der Waals surface area contributed by atoms with Crippen LogP contribution >= 0.6 is 0 Å². The molecule has 1 aromatic rings. The van der Waals surface area contributed by atoms with Gasteiger partial charge in [0.1, 0.15) is 5.75 Å². The monoisotopic (exact) mass is 274 g/mol. The molecule has 2 atom stereocenters. The van der Waals surface area contributed by atoms with E-state index in [0.717, 1.165) is 11.3 Å². The van der Waals surface area contributed by atoms with Gasteiger partial charge in [0, 0.05) is 19.6 Å². The van der Waals surface area contributed by atoms with Gasteiger partial charge in [-0.05, 0) is 31.0 Å². The van der Waals surface area contributed by atoms with Gasteiger partial charge in [0.15, 0.2) is 0 Å². The molecule has 4 heteroatoms. The molecule has 1 aromatic carbocycles. The van der Waals surface area contributed by atoms with Gasteiger partial charge >= 0.3 is 0 Å². The van der Waals surface area contributed by atoms with Crippen LogP contribution in [0.1, 0.15) is 18.9 Å². The quantitative estimate of drug-likeness (QED) is 0.835. The van der Waals surface area contributed by atoms with E-state index in [1.54, 1.807) is 4.90 Å². The van der Waals surface area contributed by atoms with Crippen molar-refractivity contribution in [3.8, 4) is 5.75 Å². The fourth-order valence-corrected chi connectivity index (χ4v) is 2.40. The Kier molecular flexibility index (Phi) is 4.79. The number of benzene rings is 1. The van der Waals surface area contributed by atoms with Crippen molar-refractivity contribution in [2.45, 2.75) is 25.9 Å². The lowest BCUT2D eigenvalue weighted by molar-refractivity contribution is -0.133. The molecule has 0 bridgehead atoms. The van der Waals surface area contributed by atoms with Gasteiger partial charge in [0.05, 0.1) is 12.5 Å². The van der Waals surface area contributed by atoms with Gasteiger partial charge in [-0.15, -0.1) is 0 Å². The SMILES string of the molecule is CCOc1ccc(CN(C)C(=O)C2C=CC(N)C2)cc1. The van der Waals surface area contributed by atoms with E-state index in [0.29, 0.717) is 19.6 Å². The highest BCUT2D eigenvalue weighted by Crippen LogP contribution is 2.20. The van der Waals surface area contributed by atoms with Crippen molar-refractivity contribution in [2.24, 2.45) is 11.7 Å². The van der Waals surface area contributed by atoms with Crippen LogP contribution < -0.4 is 10.5 Å². The Balaban J connectivity index is 1.92. The van der Waals surface area contributed by atoms with E-state index in [-0.39, 0.29) is 17.9 Å². The van der Waals surface area contributed by atoms with Crippen LogP contribution in [0.25, 0.3) is 0 Å². The van der Waals surface area contributed by atoms with Crippen LogP contribution in [0.2, 0.25) is 0 Å². The summed E-state index contributed by atoms with van der Waals surface area (Å²) in [5.41, 5.74) is 6.88. The number of rotatable bonds is 5. The summed E-state index contributed by atoms with van der Waals surface area (Å²) in [6.45, 7) is 3.22. The third-order valence-electron chi connectivity index (χ3n) is 3.46. The first-order valence-corrected chi connectivity index (χ1v) is 7.00. The molecule has 108 valence electrons. The highest BCUT2D eigenvalue weighted by molar-refractivity contribution is 5.81. The van der Waals surface area contributed by atoms with Gasteiger partial charge in [0.25, 0.3) is 0 Å². The zero-order valence-electron chi connectivity index (χ0n) is 12.1. The zero-order chi connectivity index (χ0) is 14.5. The largest absolute Gasteiger partial charge is 0.494 e. The number of carbonyl (C=O) groups is 1. The fourth-order valence-electron chi connectivity index (χ4n) is 2.40. The molecule has 1 amide bonds. The molecule has 0 heterocycles. The summed E-state index contributed by atoms with van der Waals surface area (Å²) in [5.74, 6) is 0.913. The maximum Gasteiger partial charge on any atom is 0.229 e. The van der Waals surface area contributed by atoms with Gasteiger partial charge < -0.3 is 15.4 Å². The predicted octanol–water partition coefficient (Wildman–Crippen LogP) is 1.95. The highest BCUT2D eigenvalue weighted by atomic mass is 16.5. The van der Waals surface area contributed by atoms with Gasteiger partial charge in [-0.25, -0.2) is 0 Å². The van der Waals surface area contributed by atoms with E-state index in [9.17, 15) is 4.79 Å². The summed E-state index contributed by atoms with van der Waals surface area (Å²) in [6, 6.07) is 7.86. The second kappa shape index (κ2) is 6.57. The lowest BCUT2D eigenvalue weighted by Crippen LogP contribution is -2.32. The number of hydrogen-bond donors (Lipinski definition) is 1. The summed E-state index contributed by atoms with van der Waals surface area (Å²) in [4.78, 5) is 14.0. The summed E-state index contributed by atoms with van der Waals surface area (Å²) in [5, 5.41) is 0. The molecule has 2 rings (SSSR count). The van der Waals surface area contributed by atoms with Crippen LogP contribution in [0.15, 0.2) is 36.4 Å². The molecule has 1 aliphatic carbocycles. The Morgan fingerprint density at radius 3 is 2.60 bits per heavy atom. The van der Waals surface area contributed by atoms with Gasteiger partial charge in [0.2, 0.25) is 5.91 Å². The smallest absolute Gasteiger partial charge is 0.229 e. The molecular formula is C16H22N2O2. The molecule has 0 saturated heterocycles. The van der Waals surface area contributed by atoms with Crippen molar-refractivity contribution < 1.29 is 9.53 Å². The minimum Gasteiger partial charge on any atom is -0.494 e. The van der Waals surface area contributed by atoms with E-state index >= 15 is 0 Å². The molecule has 20 heavy (non-hydrogen) atoms. The molecule has 4 nitrogen and oxygen atoms in total. The number of nitrogens with two attached hydrogens (primary N) is 1. The minimum atomic E-state index is -0.0716. The Labute approximate surface area is 120 Å². The summed E-state index contributed by atoms with van der Waals surface area (Å²) in [7, 11) is 1.83. The molecule has 0 spiro atoms. The van der Waals surface area contributed by atoms with Crippen molar-refractivity contribution in [1.82, 2.24) is 4.90 Å². The second-order valence-electron chi connectivity index (χ2n) is 5.16. The summed E-state index contributed by atoms with van der Waals surface area (Å²) >= 11 is 0. The minimum absolute atomic E-state index is 0.0165. The Hall–Kier alpha value is -1.81. The van der Waals surface area contributed by atoms with Crippen molar-refractivity contribution in [2.75, 3.05) is 13.7 Å². The summed E-state index contributed by atoms with van der Waals surface area (Å²) in [6.07, 6.45) is 4.54. The molecule has 0 aliphatic heterocycles. The average Bonchev–Trinajstić information content (AvgIpc) is 2.87. The Morgan fingerprint density at radius 1 is 1.35 bits per heavy atom. The number of hydrogen-bond acceptors (Lipinski definition) is 3. The third-order valence-corrected chi connectivity index (χ3v) is 3.46. The van der Waals surface area contributed by atoms with Crippen LogP contribution in [-0.2, 0) is 11.3 Å². The van der Waals surface area contributed by atoms with Crippen molar-refractivity contribution in [3.05, 3.63) is 42.0 Å². The lowest BCUT2D eigenvalue weighted by Gasteiger charge is -2.21. The standard InChI is InChI=1S/C16H22N2O2/c1-3-20-15-8-4-12(5-9-15)11-18(2)16(19)13-6-7-14(17)10-13/h4-9,13-14H,3,10-11,17H2,1-2H3. The van der Waals surface area contributed by atoms with Crippen molar-refractivity contribution in [3.63, 3.8) is 0 Å². The molecule has 0 radical (unpaired) electrons. The van der Waals surface area contributed by atoms with Crippen LogP contribution in [-0.4, -0.2) is 30.5 Å². The molecular weight excluding hydrogens is 252 g/mol. The molecule has 0 saturated carbocycles. The first-order chi connectivity index (χ1) is 9.60. The highest BCUT2D eigenvalue weighted by Gasteiger charge is 2.25. The third kappa shape index (κ3) is 3.61. The zero-order valence-corrected chi connectivity index (χ0v) is 12.1. The Bertz CT molecular complexity index is 482. The normalized spacial score (nSPS) is 20.9. The number of amides is 1. The number of ether oxygens (including phenoxy) is 1. The van der Waals surface area contributed by atoms with Crippen LogP contribution in [0.3, 0.4) is 0 Å². The van der Waals surface area contributed by atoms with Crippen LogP contribution in [0.5, 0.6) is 5.75 Å². The van der Waals surface area contributed by atoms with Gasteiger partial charge in [-0.1, -0.05) is 24.3 Å². The number of nitrogens with zero attached hydrogens (tertiary/aromatic N) is 1. The van der Waals surface area contributed by atoms with Crippen molar-refractivity contribution in [1.29, 1.82) is 0 Å². The average molecular weight is 274 g/mol. The van der Waals surface area contributed by atoms with E-state index in [2.05, 4.69) is 0 Å². The van der Waals surface area contributed by atoms with E-state index in [4.69, 9.17) is 10.5 Å². The van der Waals surface area contributed by atoms with Gasteiger partial charge in [-0.3, -0.25) is 4.79 Å². The van der Waals surface area contributed by atoms with E-state index in [1.165, 1.54) is 0 Å². The van der Waals surface area contributed by atoms with E-state index < -0.39 is 0 Å². The molecule has 1 aliphatic rings. The van der Waals surface area contributed by atoms with Gasteiger partial charge in [-0.2, -0.15) is 0 Å². The molecule has 0 aromatic heterocycles. The molecule has 2 N–H and O–H groups in total. The first-order valence-electron chi connectivity index (χ1n) is 7.00. The fraction of sp³-hybridized carbons (Fsp3) is 0.438. The van der Waals surface area contributed by atoms with Crippen LogP contribution in [0.4, 0.5) is 0 Å². The van der Waals surface area contributed by atoms with E-state index in [1.807, 2.05) is 50.4 Å². The summed E-state index contributed by atoms with van der Waals surface area (Å²) < 4.78 is 5.40. The maximum atomic E-state index is 12.3. The van der Waals surface area contributed by atoms with Crippen LogP contribution in [0, 0.1) is 5.92 Å².